The van der Waals surface area contributed by atoms with Crippen molar-refractivity contribution in [2.75, 3.05) is 32.7 Å². The number of rotatable bonds is 2. The van der Waals surface area contributed by atoms with E-state index >= 15 is 0 Å². The quantitative estimate of drug-likeness (QED) is 0.756. The number of piperazine rings is 1. The number of alkyl halides is 2. The van der Waals surface area contributed by atoms with E-state index in [1.165, 1.54) is 0 Å². The van der Waals surface area contributed by atoms with Gasteiger partial charge in [-0.15, -0.1) is 13.9 Å². The van der Waals surface area contributed by atoms with Crippen molar-refractivity contribution in [1.29, 1.82) is 0 Å². The molecule has 1 unspecified atom stereocenters. The van der Waals surface area contributed by atoms with Gasteiger partial charge >= 0.3 is 12.4 Å². The molecule has 0 bridgehead atoms. The zero-order valence-electron chi connectivity index (χ0n) is 13.8. The van der Waals surface area contributed by atoms with Gasteiger partial charge in [0.2, 0.25) is 5.96 Å². The van der Waals surface area contributed by atoms with E-state index in [-0.39, 0.29) is 12.6 Å². The summed E-state index contributed by atoms with van der Waals surface area (Å²) in [7, 11) is 0. The van der Waals surface area contributed by atoms with E-state index in [1.54, 1.807) is 30.6 Å². The summed E-state index contributed by atoms with van der Waals surface area (Å²) in [4.78, 5) is 19.4. The van der Waals surface area contributed by atoms with Gasteiger partial charge in [0.1, 0.15) is 5.60 Å². The van der Waals surface area contributed by atoms with Crippen LogP contribution >= 0.6 is 0 Å². The standard InChI is InChI=1S/C13H21F2N5O4/c1-12(2,3)24-11(21)20-6-4-19(5-7-20)10-16-8-9(17-18-10)23-13(14,15)22/h9,22H,4-8H2,1-3H3. The number of carbonyl (C=O) groups is 1. The van der Waals surface area contributed by atoms with E-state index < -0.39 is 18.1 Å². The molecule has 2 heterocycles. The third-order valence-corrected chi connectivity index (χ3v) is 3.16. The van der Waals surface area contributed by atoms with Crippen LogP contribution in [0.15, 0.2) is 15.2 Å². The van der Waals surface area contributed by atoms with E-state index in [0.29, 0.717) is 32.1 Å². The smallest absolute Gasteiger partial charge is 0.444 e. The Hall–Kier alpha value is -1.88. The third kappa shape index (κ3) is 5.64. The van der Waals surface area contributed by atoms with Crippen LogP contribution in [-0.4, -0.2) is 77.8 Å². The topological polar surface area (TPSA) is 99.3 Å². The maximum absolute atomic E-state index is 12.3. The minimum atomic E-state index is -4.27. The van der Waals surface area contributed by atoms with E-state index in [2.05, 4.69) is 20.0 Å². The number of carbonyl (C=O) groups excluding carboxylic acids is 1. The summed E-state index contributed by atoms with van der Waals surface area (Å²) in [5.74, 6) is 0.292. The molecule has 0 saturated carbocycles. The average molecular weight is 349 g/mol. The molecule has 0 aromatic carbocycles. The van der Waals surface area contributed by atoms with E-state index in [9.17, 15) is 13.6 Å². The summed E-state index contributed by atoms with van der Waals surface area (Å²) < 4.78 is 33.9. The molecule has 1 saturated heterocycles. The highest BCUT2D eigenvalue weighted by Crippen LogP contribution is 2.18. The normalized spacial score (nSPS) is 22.4. The Bertz CT molecular complexity index is 521. The first-order valence-corrected chi connectivity index (χ1v) is 7.50. The van der Waals surface area contributed by atoms with Crippen LogP contribution in [0.3, 0.4) is 0 Å². The Morgan fingerprint density at radius 2 is 1.88 bits per heavy atom. The fraction of sp³-hybridized carbons (Fsp3) is 0.846. The largest absolute Gasteiger partial charge is 0.484 e. The predicted octanol–water partition coefficient (Wildman–Crippen LogP) is 1.25. The molecule has 11 heteroatoms. The van der Waals surface area contributed by atoms with Crippen LogP contribution in [0.25, 0.3) is 0 Å². The number of aliphatic imine (C=N–C) groups is 1. The Labute approximate surface area is 137 Å². The van der Waals surface area contributed by atoms with Crippen molar-refractivity contribution in [1.82, 2.24) is 9.80 Å². The van der Waals surface area contributed by atoms with Gasteiger partial charge in [0.15, 0.2) is 6.23 Å². The molecule has 0 aromatic heterocycles. The molecule has 0 radical (unpaired) electrons. The number of hydrogen-bond donors (Lipinski definition) is 1. The summed E-state index contributed by atoms with van der Waals surface area (Å²) in [6, 6.07) is 0. The summed E-state index contributed by atoms with van der Waals surface area (Å²) in [5, 5.41) is 15.6. The lowest BCUT2D eigenvalue weighted by Gasteiger charge is -2.36. The fourth-order valence-electron chi connectivity index (χ4n) is 2.15. The molecule has 0 spiro atoms. The predicted molar refractivity (Wildman–Crippen MR) is 78.6 cm³/mol. The van der Waals surface area contributed by atoms with Gasteiger partial charge in [-0.1, -0.05) is 0 Å². The first-order valence-electron chi connectivity index (χ1n) is 7.50. The first-order chi connectivity index (χ1) is 11.0. The molecule has 1 amide bonds. The average Bonchev–Trinajstić information content (AvgIpc) is 2.45. The first kappa shape index (κ1) is 18.5. The van der Waals surface area contributed by atoms with Gasteiger partial charge in [-0.2, -0.15) is 5.11 Å². The lowest BCUT2D eigenvalue weighted by Crippen LogP contribution is -2.51. The molecule has 2 aliphatic rings. The zero-order valence-corrected chi connectivity index (χ0v) is 13.8. The summed E-state index contributed by atoms with van der Waals surface area (Å²) in [6.45, 7) is 7.03. The van der Waals surface area contributed by atoms with E-state index in [4.69, 9.17) is 9.84 Å². The van der Waals surface area contributed by atoms with Crippen molar-refractivity contribution < 1.29 is 28.2 Å². The summed E-state index contributed by atoms with van der Waals surface area (Å²) in [6.07, 6.45) is -5.97. The SMILES string of the molecule is CC(C)(C)OC(=O)N1CCN(C2=NCC(OC(O)(F)F)N=N2)CC1. The number of guanidine groups is 1. The van der Waals surface area contributed by atoms with E-state index in [1.807, 2.05) is 0 Å². The summed E-state index contributed by atoms with van der Waals surface area (Å²) >= 11 is 0. The van der Waals surface area contributed by atoms with Gasteiger partial charge in [-0.05, 0) is 20.8 Å². The van der Waals surface area contributed by atoms with E-state index in [0.717, 1.165) is 0 Å². The Morgan fingerprint density at radius 3 is 2.33 bits per heavy atom. The van der Waals surface area contributed by atoms with Crippen LogP contribution in [0.1, 0.15) is 20.8 Å². The summed E-state index contributed by atoms with van der Waals surface area (Å²) in [5.41, 5.74) is -0.556. The molecular formula is C13H21F2N5O4. The number of hydrogen-bond acceptors (Lipinski definition) is 8. The number of azo groups is 1. The maximum atomic E-state index is 12.3. The Balaban J connectivity index is 1.81. The van der Waals surface area contributed by atoms with Crippen LogP contribution in [0.5, 0.6) is 0 Å². The van der Waals surface area contributed by atoms with Gasteiger partial charge in [0, 0.05) is 26.2 Å². The monoisotopic (exact) mass is 349 g/mol. The van der Waals surface area contributed by atoms with Crippen LogP contribution < -0.4 is 0 Å². The van der Waals surface area contributed by atoms with Gasteiger partial charge in [0.25, 0.3) is 0 Å². The number of nitrogens with zero attached hydrogens (tertiary/aromatic N) is 5. The van der Waals surface area contributed by atoms with Crippen molar-refractivity contribution in [2.45, 2.75) is 38.9 Å². The zero-order chi connectivity index (χ0) is 18.0. The van der Waals surface area contributed by atoms with Crippen LogP contribution in [0.2, 0.25) is 0 Å². The molecule has 2 aliphatic heterocycles. The number of ether oxygens (including phenoxy) is 2. The van der Waals surface area contributed by atoms with Crippen molar-refractivity contribution >= 4 is 12.1 Å². The molecule has 1 fully saturated rings. The molecule has 24 heavy (non-hydrogen) atoms. The molecular weight excluding hydrogens is 328 g/mol. The van der Waals surface area contributed by atoms with Crippen molar-refractivity contribution in [3.63, 3.8) is 0 Å². The molecule has 2 rings (SSSR count). The Morgan fingerprint density at radius 1 is 1.25 bits per heavy atom. The van der Waals surface area contributed by atoms with Gasteiger partial charge in [0.05, 0.1) is 6.54 Å². The third-order valence-electron chi connectivity index (χ3n) is 3.16. The molecule has 1 N–H and O–H groups in total. The second-order valence-electron chi connectivity index (χ2n) is 6.37. The van der Waals surface area contributed by atoms with Gasteiger partial charge < -0.3 is 19.6 Å². The van der Waals surface area contributed by atoms with Crippen molar-refractivity contribution in [2.24, 2.45) is 15.2 Å². The van der Waals surface area contributed by atoms with Gasteiger partial charge in [-0.3, -0.25) is 4.74 Å². The lowest BCUT2D eigenvalue weighted by molar-refractivity contribution is -0.384. The number of halogens is 2. The van der Waals surface area contributed by atoms with Crippen molar-refractivity contribution in [3.05, 3.63) is 0 Å². The van der Waals surface area contributed by atoms with Crippen molar-refractivity contribution in [3.8, 4) is 0 Å². The highest BCUT2D eigenvalue weighted by Gasteiger charge is 2.33. The molecule has 1 atom stereocenters. The van der Waals surface area contributed by atoms with Gasteiger partial charge in [-0.25, -0.2) is 9.79 Å². The second kappa shape index (κ2) is 6.93. The minimum absolute atomic E-state index is 0.165. The van der Waals surface area contributed by atoms with Crippen LogP contribution in [0.4, 0.5) is 13.6 Å². The molecule has 0 aromatic rings. The maximum Gasteiger partial charge on any atom is 0.484 e. The molecule has 136 valence electrons. The molecule has 0 aliphatic carbocycles. The minimum Gasteiger partial charge on any atom is -0.444 e. The highest BCUT2D eigenvalue weighted by atomic mass is 19.3. The van der Waals surface area contributed by atoms with Crippen LogP contribution in [0, 0.1) is 0 Å². The highest BCUT2D eigenvalue weighted by molar-refractivity contribution is 5.81. The lowest BCUT2D eigenvalue weighted by atomic mass is 10.2. The fourth-order valence-corrected chi connectivity index (χ4v) is 2.15. The van der Waals surface area contributed by atoms with Crippen LogP contribution in [-0.2, 0) is 9.47 Å². The second-order valence-corrected chi connectivity index (χ2v) is 6.37. The number of amides is 1. The Kier molecular flexibility index (Phi) is 5.33. The molecule has 9 nitrogen and oxygen atoms in total. The number of aliphatic hydroxyl groups is 1.